The van der Waals surface area contributed by atoms with E-state index in [1.54, 1.807) is 13.0 Å². The first-order valence-electron chi connectivity index (χ1n) is 8.70. The van der Waals surface area contributed by atoms with Crippen LogP contribution in [0.25, 0.3) is 11.3 Å². The SMILES string of the molecule is CCC1CC2c3cc(-c4c(F)cccc4F)nnc3C12c1nc(C)no1. The van der Waals surface area contributed by atoms with Crippen LogP contribution in [0.4, 0.5) is 8.78 Å². The molecule has 132 valence electrons. The summed E-state index contributed by atoms with van der Waals surface area (Å²) in [7, 11) is 0. The molecule has 2 aliphatic carbocycles. The molecule has 5 nitrogen and oxygen atoms in total. The zero-order chi connectivity index (χ0) is 18.1. The second kappa shape index (κ2) is 5.16. The lowest BCUT2D eigenvalue weighted by Gasteiger charge is -2.60. The summed E-state index contributed by atoms with van der Waals surface area (Å²) in [5, 5.41) is 12.4. The lowest BCUT2D eigenvalue weighted by atomic mass is 9.41. The van der Waals surface area contributed by atoms with E-state index in [-0.39, 0.29) is 17.2 Å². The van der Waals surface area contributed by atoms with Gasteiger partial charge in [0, 0.05) is 5.92 Å². The zero-order valence-corrected chi connectivity index (χ0v) is 14.3. The fraction of sp³-hybridized carbons (Fsp3) is 0.368. The lowest BCUT2D eigenvalue weighted by Crippen LogP contribution is -2.60. The van der Waals surface area contributed by atoms with E-state index in [0.29, 0.717) is 17.6 Å². The number of hydrogen-bond donors (Lipinski definition) is 0. The van der Waals surface area contributed by atoms with Gasteiger partial charge in [0.25, 0.3) is 0 Å². The van der Waals surface area contributed by atoms with E-state index >= 15 is 0 Å². The van der Waals surface area contributed by atoms with Crippen LogP contribution in [0, 0.1) is 24.5 Å². The number of halogens is 2. The molecule has 0 N–H and O–H groups in total. The Morgan fingerprint density at radius 1 is 1.23 bits per heavy atom. The Morgan fingerprint density at radius 3 is 2.65 bits per heavy atom. The highest BCUT2D eigenvalue weighted by Gasteiger charge is 2.69. The number of aromatic nitrogens is 4. The normalized spacial score (nSPS) is 25.8. The van der Waals surface area contributed by atoms with Crippen molar-refractivity contribution in [2.45, 2.75) is 38.0 Å². The van der Waals surface area contributed by atoms with Crippen molar-refractivity contribution in [3.05, 3.63) is 58.9 Å². The number of benzene rings is 1. The summed E-state index contributed by atoms with van der Waals surface area (Å²) < 4.78 is 33.7. The standard InChI is InChI=1S/C19H16F2N4O/c1-3-10-7-12-11-8-15(16-13(20)5-4-6-14(16)21)23-24-17(11)19(10,12)18-22-9(2)25-26-18/h4-6,8,10,12H,3,7H2,1-2H3. The molecule has 2 aromatic heterocycles. The predicted octanol–water partition coefficient (Wildman–Crippen LogP) is 3.93. The summed E-state index contributed by atoms with van der Waals surface area (Å²) in [6, 6.07) is 5.54. The summed E-state index contributed by atoms with van der Waals surface area (Å²) in [6.45, 7) is 3.91. The maximum absolute atomic E-state index is 14.1. The Bertz CT molecular complexity index is 1010. The number of fused-ring (bicyclic) bond motifs is 4. The van der Waals surface area contributed by atoms with Crippen molar-refractivity contribution in [2.75, 3.05) is 0 Å². The molecule has 5 rings (SSSR count). The quantitative estimate of drug-likeness (QED) is 0.713. The molecule has 26 heavy (non-hydrogen) atoms. The molecule has 2 aliphatic rings. The van der Waals surface area contributed by atoms with E-state index in [9.17, 15) is 8.78 Å². The van der Waals surface area contributed by atoms with Crippen molar-refractivity contribution in [1.82, 2.24) is 20.3 Å². The molecule has 7 heteroatoms. The van der Waals surface area contributed by atoms with Gasteiger partial charge in [-0.3, -0.25) is 0 Å². The van der Waals surface area contributed by atoms with E-state index in [4.69, 9.17) is 4.52 Å². The largest absolute Gasteiger partial charge is 0.338 e. The second-order valence-electron chi connectivity index (χ2n) is 7.04. The van der Waals surface area contributed by atoms with Crippen LogP contribution in [-0.2, 0) is 5.41 Å². The van der Waals surface area contributed by atoms with Crippen LogP contribution in [0.1, 0.15) is 48.7 Å². The summed E-state index contributed by atoms with van der Waals surface area (Å²) in [5.41, 5.74) is 1.45. The molecule has 0 spiro atoms. The number of aryl methyl sites for hydroxylation is 1. The van der Waals surface area contributed by atoms with E-state index in [0.717, 1.165) is 24.1 Å². The van der Waals surface area contributed by atoms with Crippen molar-refractivity contribution in [2.24, 2.45) is 5.92 Å². The lowest BCUT2D eigenvalue weighted by molar-refractivity contribution is 0.0396. The van der Waals surface area contributed by atoms with Crippen LogP contribution in [0.3, 0.4) is 0 Å². The van der Waals surface area contributed by atoms with Gasteiger partial charge in [-0.15, -0.1) is 5.10 Å². The van der Waals surface area contributed by atoms with Crippen LogP contribution in [0.2, 0.25) is 0 Å². The predicted molar refractivity (Wildman–Crippen MR) is 88.3 cm³/mol. The van der Waals surface area contributed by atoms with Gasteiger partial charge < -0.3 is 4.52 Å². The Morgan fingerprint density at radius 2 is 2.00 bits per heavy atom. The highest BCUT2D eigenvalue weighted by atomic mass is 19.1. The van der Waals surface area contributed by atoms with E-state index in [1.165, 1.54) is 18.2 Å². The first-order chi connectivity index (χ1) is 12.6. The van der Waals surface area contributed by atoms with E-state index in [2.05, 4.69) is 27.3 Å². The van der Waals surface area contributed by atoms with Gasteiger partial charge in [-0.05, 0) is 43.0 Å². The molecular formula is C19H16F2N4O. The van der Waals surface area contributed by atoms with Gasteiger partial charge in [0.15, 0.2) is 5.82 Å². The third kappa shape index (κ3) is 1.73. The molecule has 3 aromatic rings. The molecule has 0 aliphatic heterocycles. The van der Waals surface area contributed by atoms with Crippen molar-refractivity contribution < 1.29 is 13.3 Å². The third-order valence-corrected chi connectivity index (χ3v) is 5.90. The topological polar surface area (TPSA) is 64.7 Å². The first-order valence-corrected chi connectivity index (χ1v) is 8.70. The average molecular weight is 354 g/mol. The van der Waals surface area contributed by atoms with Gasteiger partial charge in [0.1, 0.15) is 17.0 Å². The van der Waals surface area contributed by atoms with Crippen molar-refractivity contribution >= 4 is 0 Å². The van der Waals surface area contributed by atoms with Gasteiger partial charge in [0.2, 0.25) is 5.89 Å². The molecule has 0 amide bonds. The molecule has 0 bridgehead atoms. The van der Waals surface area contributed by atoms with Gasteiger partial charge >= 0.3 is 0 Å². The fourth-order valence-electron chi connectivity index (χ4n) is 4.67. The highest BCUT2D eigenvalue weighted by Crippen LogP contribution is 2.70. The Labute approximate surface area is 148 Å². The second-order valence-corrected chi connectivity index (χ2v) is 7.04. The molecular weight excluding hydrogens is 338 g/mol. The van der Waals surface area contributed by atoms with Crippen molar-refractivity contribution in [3.63, 3.8) is 0 Å². The van der Waals surface area contributed by atoms with E-state index < -0.39 is 17.0 Å². The highest BCUT2D eigenvalue weighted by molar-refractivity contribution is 5.65. The monoisotopic (exact) mass is 354 g/mol. The maximum atomic E-state index is 14.1. The molecule has 2 heterocycles. The number of rotatable bonds is 3. The van der Waals surface area contributed by atoms with Gasteiger partial charge in [-0.2, -0.15) is 10.1 Å². The van der Waals surface area contributed by atoms with Gasteiger partial charge in [-0.1, -0.05) is 24.6 Å². The Kier molecular flexibility index (Phi) is 3.08. The minimum Gasteiger partial charge on any atom is -0.338 e. The summed E-state index contributed by atoms with van der Waals surface area (Å²) in [5.74, 6) is 0.400. The Balaban J connectivity index is 1.64. The average Bonchev–Trinajstić information content (AvgIpc) is 3.02. The smallest absolute Gasteiger partial charge is 0.239 e. The molecule has 1 aromatic carbocycles. The molecule has 3 atom stereocenters. The minimum absolute atomic E-state index is 0.139. The van der Waals surface area contributed by atoms with Crippen molar-refractivity contribution in [3.8, 4) is 11.3 Å². The molecule has 1 fully saturated rings. The van der Waals surface area contributed by atoms with Crippen LogP contribution < -0.4 is 0 Å². The van der Waals surface area contributed by atoms with Crippen LogP contribution >= 0.6 is 0 Å². The van der Waals surface area contributed by atoms with Gasteiger partial charge in [0.05, 0.1) is 17.0 Å². The zero-order valence-electron chi connectivity index (χ0n) is 14.3. The van der Waals surface area contributed by atoms with Crippen LogP contribution in [0.15, 0.2) is 28.8 Å². The van der Waals surface area contributed by atoms with Crippen LogP contribution in [-0.4, -0.2) is 20.3 Å². The summed E-state index contributed by atoms with van der Waals surface area (Å²) in [6.07, 6.45) is 1.93. The Hall–Kier alpha value is -2.70. The first kappa shape index (κ1) is 15.5. The molecule has 3 unspecified atom stereocenters. The number of hydrogen-bond acceptors (Lipinski definition) is 5. The summed E-state index contributed by atoms with van der Waals surface area (Å²) >= 11 is 0. The molecule has 0 radical (unpaired) electrons. The maximum Gasteiger partial charge on any atom is 0.239 e. The van der Waals surface area contributed by atoms with Gasteiger partial charge in [-0.25, -0.2) is 8.78 Å². The minimum atomic E-state index is -0.641. The molecule has 1 saturated carbocycles. The summed E-state index contributed by atoms with van der Waals surface area (Å²) in [4.78, 5) is 4.45. The third-order valence-electron chi connectivity index (χ3n) is 5.90. The fourth-order valence-corrected chi connectivity index (χ4v) is 4.67. The van der Waals surface area contributed by atoms with E-state index in [1.807, 2.05) is 0 Å². The number of nitrogens with zero attached hydrogens (tertiary/aromatic N) is 4. The molecule has 0 saturated heterocycles. The van der Waals surface area contributed by atoms with Crippen molar-refractivity contribution in [1.29, 1.82) is 0 Å². The van der Waals surface area contributed by atoms with Crippen LogP contribution in [0.5, 0.6) is 0 Å².